The van der Waals surface area contributed by atoms with Gasteiger partial charge in [-0.15, -0.1) is 0 Å². The van der Waals surface area contributed by atoms with Gasteiger partial charge in [-0.2, -0.15) is 15.0 Å². The number of aryl methyl sites for hydroxylation is 2. The third-order valence-corrected chi connectivity index (χ3v) is 4.85. The van der Waals surface area contributed by atoms with E-state index in [4.69, 9.17) is 0 Å². The monoisotopic (exact) mass is 391 g/mol. The van der Waals surface area contributed by atoms with Crippen LogP contribution in [0.25, 0.3) is 29.0 Å². The molecule has 0 saturated carbocycles. The average Bonchev–Trinajstić information content (AvgIpc) is 3.36. The Bertz CT molecular complexity index is 1320. The molecule has 0 spiro atoms. The molecule has 0 saturated heterocycles. The highest BCUT2D eigenvalue weighted by Gasteiger charge is 2.17. The Morgan fingerprint density at radius 3 is 2.41 bits per heavy atom. The van der Waals surface area contributed by atoms with Gasteiger partial charge in [-0.3, -0.25) is 13.9 Å². The van der Waals surface area contributed by atoms with Gasteiger partial charge in [0.15, 0.2) is 11.2 Å². The number of aromatic nitrogens is 7. The average molecular weight is 391 g/mol. The van der Waals surface area contributed by atoms with Crippen LogP contribution in [0.15, 0.2) is 46.2 Å². The predicted molar refractivity (Wildman–Crippen MR) is 111 cm³/mol. The van der Waals surface area contributed by atoms with Gasteiger partial charge in [0.25, 0.3) is 5.56 Å². The fraction of sp³-hybridized carbons (Fsp3) is 0.250. The van der Waals surface area contributed by atoms with Crippen molar-refractivity contribution in [3.63, 3.8) is 0 Å². The lowest BCUT2D eigenvalue weighted by molar-refractivity contribution is 0.604. The van der Waals surface area contributed by atoms with E-state index >= 15 is 0 Å². The number of hydrogen-bond acceptors (Lipinski definition) is 5. The zero-order valence-electron chi connectivity index (χ0n) is 16.5. The zero-order chi connectivity index (χ0) is 20.5. The topological polar surface area (TPSA) is 92.5 Å². The van der Waals surface area contributed by atoms with Crippen molar-refractivity contribution in [2.75, 3.05) is 0 Å². The van der Waals surface area contributed by atoms with Crippen molar-refractivity contribution in [3.05, 3.63) is 68.9 Å². The second kappa shape index (κ2) is 7.34. The Morgan fingerprint density at radius 1 is 1.00 bits per heavy atom. The van der Waals surface area contributed by atoms with E-state index in [2.05, 4.69) is 15.2 Å². The van der Waals surface area contributed by atoms with Gasteiger partial charge in [0.1, 0.15) is 5.82 Å². The molecule has 0 aliphatic carbocycles. The van der Waals surface area contributed by atoms with Crippen LogP contribution in [0.1, 0.15) is 25.2 Å². The van der Waals surface area contributed by atoms with E-state index in [1.807, 2.05) is 43.3 Å². The Kier molecular flexibility index (Phi) is 4.71. The molecule has 3 heterocycles. The zero-order valence-corrected chi connectivity index (χ0v) is 16.5. The molecule has 9 heteroatoms. The van der Waals surface area contributed by atoms with E-state index in [-0.39, 0.29) is 11.2 Å². The lowest BCUT2D eigenvalue weighted by Gasteiger charge is -2.08. The minimum Gasteiger partial charge on any atom is -0.322 e. The molecule has 0 atom stereocenters. The van der Waals surface area contributed by atoms with Gasteiger partial charge in [0.05, 0.1) is 18.1 Å². The first-order valence-electron chi connectivity index (χ1n) is 9.40. The number of nitrogens with zero attached hydrogens (tertiary/aromatic N) is 7. The number of hydrogen-bond donors (Lipinski definition) is 0. The van der Waals surface area contributed by atoms with Crippen molar-refractivity contribution in [3.8, 4) is 5.69 Å². The molecule has 0 aliphatic rings. The molecular formula is C20H21N7O2. The summed E-state index contributed by atoms with van der Waals surface area (Å²) in [6, 6.07) is 7.74. The number of rotatable bonds is 5. The molecule has 9 nitrogen and oxygen atoms in total. The second-order valence-corrected chi connectivity index (χ2v) is 6.52. The number of imidazole rings is 1. The minimum absolute atomic E-state index is 0.318. The smallest absolute Gasteiger partial charge is 0.322 e. The van der Waals surface area contributed by atoms with Crippen molar-refractivity contribution < 1.29 is 0 Å². The van der Waals surface area contributed by atoms with Gasteiger partial charge in [-0.1, -0.05) is 18.2 Å². The predicted octanol–water partition coefficient (Wildman–Crippen LogP) is 1.69. The standard InChI is InChI=1S/C20H21N7O2/c1-4-25-18-17(19(28)26(5-2)20(25)29)24(3)16(23-18)10-9-14-7-6-8-15(13-14)27-21-11-12-22-27/h6-13H,4-5H2,1-3H3/b10-9+. The SMILES string of the molecule is CCn1c(=O)c2c(nc(/C=C/c3cccc(-n4nccn4)c3)n2C)n(CC)c1=O. The third kappa shape index (κ3) is 3.10. The van der Waals surface area contributed by atoms with Crippen molar-refractivity contribution in [1.82, 2.24) is 33.7 Å². The lowest BCUT2D eigenvalue weighted by atomic mass is 10.2. The van der Waals surface area contributed by atoms with E-state index in [9.17, 15) is 9.59 Å². The van der Waals surface area contributed by atoms with Gasteiger partial charge >= 0.3 is 5.69 Å². The molecule has 29 heavy (non-hydrogen) atoms. The highest BCUT2D eigenvalue weighted by Crippen LogP contribution is 2.15. The summed E-state index contributed by atoms with van der Waals surface area (Å²) in [5, 5.41) is 8.28. The number of fused-ring (bicyclic) bond motifs is 1. The van der Waals surface area contributed by atoms with E-state index < -0.39 is 0 Å². The Balaban J connectivity index is 1.81. The minimum atomic E-state index is -0.333. The summed E-state index contributed by atoms with van der Waals surface area (Å²) in [4.78, 5) is 31.4. The van der Waals surface area contributed by atoms with E-state index in [1.165, 1.54) is 9.13 Å². The second-order valence-electron chi connectivity index (χ2n) is 6.52. The molecular weight excluding hydrogens is 370 g/mol. The van der Waals surface area contributed by atoms with E-state index in [0.29, 0.717) is 30.1 Å². The van der Waals surface area contributed by atoms with Gasteiger partial charge < -0.3 is 4.57 Å². The normalized spacial score (nSPS) is 11.7. The molecule has 0 bridgehead atoms. The molecule has 0 fully saturated rings. The fourth-order valence-electron chi connectivity index (χ4n) is 3.36. The van der Waals surface area contributed by atoms with Crippen molar-refractivity contribution in [2.24, 2.45) is 7.05 Å². The third-order valence-electron chi connectivity index (χ3n) is 4.85. The van der Waals surface area contributed by atoms with Crippen LogP contribution in [-0.2, 0) is 20.1 Å². The molecule has 4 aromatic rings. The van der Waals surface area contributed by atoms with Crippen LogP contribution in [0, 0.1) is 0 Å². The highest BCUT2D eigenvalue weighted by molar-refractivity contribution is 5.76. The summed E-state index contributed by atoms with van der Waals surface area (Å²) in [6.07, 6.45) is 6.98. The molecule has 0 radical (unpaired) electrons. The first-order chi connectivity index (χ1) is 14.0. The first kappa shape index (κ1) is 18.6. The molecule has 0 N–H and O–H groups in total. The fourth-order valence-corrected chi connectivity index (χ4v) is 3.36. The van der Waals surface area contributed by atoms with Crippen LogP contribution in [0.4, 0.5) is 0 Å². The quantitative estimate of drug-likeness (QED) is 0.516. The Morgan fingerprint density at radius 2 is 1.72 bits per heavy atom. The van der Waals surface area contributed by atoms with Crippen LogP contribution in [-0.4, -0.2) is 33.7 Å². The summed E-state index contributed by atoms with van der Waals surface area (Å²) in [7, 11) is 1.78. The van der Waals surface area contributed by atoms with Crippen molar-refractivity contribution in [2.45, 2.75) is 26.9 Å². The van der Waals surface area contributed by atoms with Crippen LogP contribution >= 0.6 is 0 Å². The van der Waals surface area contributed by atoms with Crippen LogP contribution in [0.2, 0.25) is 0 Å². The summed E-state index contributed by atoms with van der Waals surface area (Å²) < 4.78 is 4.49. The van der Waals surface area contributed by atoms with Gasteiger partial charge in [-0.05, 0) is 37.6 Å². The van der Waals surface area contributed by atoms with Gasteiger partial charge in [0.2, 0.25) is 0 Å². The largest absolute Gasteiger partial charge is 0.332 e. The van der Waals surface area contributed by atoms with Crippen molar-refractivity contribution in [1.29, 1.82) is 0 Å². The Labute approximate surface area is 166 Å². The molecule has 0 unspecified atom stereocenters. The molecule has 4 rings (SSSR count). The maximum atomic E-state index is 12.8. The molecule has 0 amide bonds. The summed E-state index contributed by atoms with van der Waals surface area (Å²) in [5.74, 6) is 0.593. The van der Waals surface area contributed by atoms with Crippen LogP contribution in [0.5, 0.6) is 0 Å². The first-order valence-corrected chi connectivity index (χ1v) is 9.40. The summed E-state index contributed by atoms with van der Waals surface area (Å²) >= 11 is 0. The van der Waals surface area contributed by atoms with Crippen molar-refractivity contribution >= 4 is 23.3 Å². The molecule has 1 aromatic carbocycles. The van der Waals surface area contributed by atoms with E-state index in [0.717, 1.165) is 11.3 Å². The van der Waals surface area contributed by atoms with Crippen LogP contribution < -0.4 is 11.2 Å². The van der Waals surface area contributed by atoms with Gasteiger partial charge in [-0.25, -0.2) is 9.78 Å². The highest BCUT2D eigenvalue weighted by atomic mass is 16.2. The summed E-state index contributed by atoms with van der Waals surface area (Å²) in [6.45, 7) is 4.41. The molecule has 3 aromatic heterocycles. The van der Waals surface area contributed by atoms with Gasteiger partial charge in [0, 0.05) is 20.1 Å². The van der Waals surface area contributed by atoms with E-state index in [1.54, 1.807) is 35.7 Å². The maximum Gasteiger partial charge on any atom is 0.332 e. The molecule has 148 valence electrons. The maximum absolute atomic E-state index is 12.8. The van der Waals surface area contributed by atoms with Crippen LogP contribution in [0.3, 0.4) is 0 Å². The summed E-state index contributed by atoms with van der Waals surface area (Å²) in [5.41, 5.74) is 1.95. The molecule has 0 aliphatic heterocycles. The Hall–Kier alpha value is -3.75. The number of benzene rings is 1. The lowest BCUT2D eigenvalue weighted by Crippen LogP contribution is -2.39.